The zero-order valence-electron chi connectivity index (χ0n) is 14.6. The zero-order valence-corrected chi connectivity index (χ0v) is 17.0. The number of halogens is 2. The van der Waals surface area contributed by atoms with Gasteiger partial charge in [0, 0.05) is 18.7 Å². The van der Waals surface area contributed by atoms with E-state index < -0.39 is 15.9 Å². The van der Waals surface area contributed by atoms with Crippen LogP contribution >= 0.6 is 23.2 Å². The van der Waals surface area contributed by atoms with Crippen molar-refractivity contribution in [1.29, 1.82) is 0 Å². The summed E-state index contributed by atoms with van der Waals surface area (Å²) >= 11 is 11.8. The van der Waals surface area contributed by atoms with Crippen molar-refractivity contribution in [2.45, 2.75) is 4.90 Å². The molecular formula is C18H17Cl2N3O4S. The maximum absolute atomic E-state index is 12.7. The van der Waals surface area contributed by atoms with E-state index in [-0.39, 0.29) is 23.5 Å². The molecule has 1 aliphatic heterocycles. The number of hydrazone groups is 1. The van der Waals surface area contributed by atoms with Gasteiger partial charge in [-0.25, -0.2) is 13.8 Å². The SMILES string of the molecule is O=C(NN=Cc1ccc(Cl)c(Cl)c1)c1cccc(S(=O)(=O)N2CCOCC2)c1. The summed E-state index contributed by atoms with van der Waals surface area (Å²) in [6, 6.07) is 10.7. The van der Waals surface area contributed by atoms with Crippen molar-refractivity contribution in [3.63, 3.8) is 0 Å². The van der Waals surface area contributed by atoms with Gasteiger partial charge >= 0.3 is 0 Å². The van der Waals surface area contributed by atoms with E-state index in [1.54, 1.807) is 18.2 Å². The molecule has 0 bridgehead atoms. The molecule has 1 fully saturated rings. The number of sulfonamides is 1. The van der Waals surface area contributed by atoms with Gasteiger partial charge in [-0.15, -0.1) is 0 Å². The van der Waals surface area contributed by atoms with E-state index in [2.05, 4.69) is 10.5 Å². The molecule has 7 nitrogen and oxygen atoms in total. The van der Waals surface area contributed by atoms with Gasteiger partial charge in [-0.3, -0.25) is 4.79 Å². The van der Waals surface area contributed by atoms with Gasteiger partial charge in [0.1, 0.15) is 0 Å². The molecule has 10 heteroatoms. The number of carbonyl (C=O) groups excluding carboxylic acids is 1. The normalized spacial score (nSPS) is 15.6. The van der Waals surface area contributed by atoms with Crippen LogP contribution in [0.1, 0.15) is 15.9 Å². The smallest absolute Gasteiger partial charge is 0.271 e. The van der Waals surface area contributed by atoms with Crippen molar-refractivity contribution in [1.82, 2.24) is 9.73 Å². The van der Waals surface area contributed by atoms with Gasteiger partial charge in [0.05, 0.1) is 34.4 Å². The van der Waals surface area contributed by atoms with Crippen molar-refractivity contribution in [3.05, 3.63) is 63.6 Å². The molecule has 0 radical (unpaired) electrons. The number of nitrogens with one attached hydrogen (secondary N) is 1. The second kappa shape index (κ2) is 9.02. The van der Waals surface area contributed by atoms with E-state index >= 15 is 0 Å². The molecule has 2 aromatic carbocycles. The highest BCUT2D eigenvalue weighted by atomic mass is 35.5. The molecule has 1 amide bonds. The standard InChI is InChI=1S/C18H17Cl2N3O4S/c19-16-5-4-13(10-17(16)20)12-21-22-18(24)14-2-1-3-15(11-14)28(25,26)23-6-8-27-9-7-23/h1-5,10-12H,6-9H2,(H,22,24). The summed E-state index contributed by atoms with van der Waals surface area (Å²) in [6.07, 6.45) is 1.41. The first-order chi connectivity index (χ1) is 13.4. The highest BCUT2D eigenvalue weighted by Gasteiger charge is 2.26. The fourth-order valence-electron chi connectivity index (χ4n) is 2.56. The largest absolute Gasteiger partial charge is 0.379 e. The highest BCUT2D eigenvalue weighted by Crippen LogP contribution is 2.22. The Morgan fingerprint density at radius 1 is 1.11 bits per heavy atom. The van der Waals surface area contributed by atoms with Gasteiger partial charge in [-0.05, 0) is 35.9 Å². The molecule has 0 unspecified atom stereocenters. The lowest BCUT2D eigenvalue weighted by molar-refractivity contribution is 0.0730. The number of nitrogens with zero attached hydrogens (tertiary/aromatic N) is 2. The number of morpholine rings is 1. The van der Waals surface area contributed by atoms with Gasteiger partial charge in [0.2, 0.25) is 10.0 Å². The molecule has 0 spiro atoms. The average molecular weight is 442 g/mol. The van der Waals surface area contributed by atoms with Crippen LogP contribution in [0.2, 0.25) is 10.0 Å². The lowest BCUT2D eigenvalue weighted by Crippen LogP contribution is -2.40. The number of hydrogen-bond acceptors (Lipinski definition) is 5. The Labute approximate surface area is 172 Å². The summed E-state index contributed by atoms with van der Waals surface area (Å²) in [5.74, 6) is -0.532. The van der Waals surface area contributed by atoms with Crippen LogP contribution in [-0.2, 0) is 14.8 Å². The Hall–Kier alpha value is -1.97. The minimum Gasteiger partial charge on any atom is -0.379 e. The molecule has 2 aromatic rings. The Morgan fingerprint density at radius 2 is 1.86 bits per heavy atom. The van der Waals surface area contributed by atoms with Crippen LogP contribution in [0.25, 0.3) is 0 Å². The summed E-state index contributed by atoms with van der Waals surface area (Å²) in [5, 5.41) is 4.66. The maximum Gasteiger partial charge on any atom is 0.271 e. The van der Waals surface area contributed by atoms with Crippen LogP contribution in [-0.4, -0.2) is 51.1 Å². The monoisotopic (exact) mass is 441 g/mol. The predicted molar refractivity (Wildman–Crippen MR) is 108 cm³/mol. The van der Waals surface area contributed by atoms with Crippen LogP contribution in [0.15, 0.2) is 52.5 Å². The highest BCUT2D eigenvalue weighted by molar-refractivity contribution is 7.89. The molecule has 1 N–H and O–H groups in total. The molecule has 0 aliphatic carbocycles. The molecule has 148 valence electrons. The van der Waals surface area contributed by atoms with Crippen molar-refractivity contribution in [2.75, 3.05) is 26.3 Å². The minimum absolute atomic E-state index is 0.0514. The van der Waals surface area contributed by atoms with Crippen LogP contribution in [0.5, 0.6) is 0 Å². The Kier molecular flexibility index (Phi) is 6.69. The second-order valence-corrected chi connectivity index (χ2v) is 8.67. The van der Waals surface area contributed by atoms with Gasteiger partial charge < -0.3 is 4.74 Å². The quantitative estimate of drug-likeness (QED) is 0.570. The number of hydrogen-bond donors (Lipinski definition) is 1. The van der Waals surface area contributed by atoms with Gasteiger partial charge in [0.15, 0.2) is 0 Å². The molecule has 0 atom stereocenters. The predicted octanol–water partition coefficient (Wildman–Crippen LogP) is 2.78. The third kappa shape index (κ3) is 4.89. The van der Waals surface area contributed by atoms with Crippen LogP contribution < -0.4 is 5.43 Å². The lowest BCUT2D eigenvalue weighted by atomic mass is 10.2. The van der Waals surface area contributed by atoms with Crippen molar-refractivity contribution < 1.29 is 17.9 Å². The first-order valence-corrected chi connectivity index (χ1v) is 10.5. The third-order valence-electron chi connectivity index (χ3n) is 4.03. The number of amides is 1. The zero-order chi connectivity index (χ0) is 20.1. The molecule has 1 heterocycles. The number of carbonyl (C=O) groups is 1. The van der Waals surface area contributed by atoms with Gasteiger partial charge in [0.25, 0.3) is 5.91 Å². The molecule has 1 saturated heterocycles. The van der Waals surface area contributed by atoms with E-state index in [1.807, 2.05) is 0 Å². The number of rotatable bonds is 5. The molecule has 28 heavy (non-hydrogen) atoms. The summed E-state index contributed by atoms with van der Waals surface area (Å²) in [6.45, 7) is 1.27. The molecule has 3 rings (SSSR count). The van der Waals surface area contributed by atoms with Crippen LogP contribution in [0, 0.1) is 0 Å². The van der Waals surface area contributed by atoms with Crippen molar-refractivity contribution >= 4 is 45.3 Å². The molecule has 0 aromatic heterocycles. The number of benzene rings is 2. The van der Waals surface area contributed by atoms with Gasteiger partial charge in [-0.2, -0.15) is 9.41 Å². The third-order valence-corrected chi connectivity index (χ3v) is 6.66. The molecule has 0 saturated carbocycles. The van der Waals surface area contributed by atoms with Crippen LogP contribution in [0.4, 0.5) is 0 Å². The molecular weight excluding hydrogens is 425 g/mol. The summed E-state index contributed by atoms with van der Waals surface area (Å²) < 4.78 is 31.9. The summed E-state index contributed by atoms with van der Waals surface area (Å²) in [7, 11) is -3.68. The first-order valence-electron chi connectivity index (χ1n) is 8.34. The minimum atomic E-state index is -3.68. The first kappa shape index (κ1) is 20.8. The Morgan fingerprint density at radius 3 is 2.57 bits per heavy atom. The van der Waals surface area contributed by atoms with E-state index in [0.29, 0.717) is 28.8 Å². The second-order valence-electron chi connectivity index (χ2n) is 5.92. The van der Waals surface area contributed by atoms with E-state index in [1.165, 1.54) is 34.8 Å². The molecule has 1 aliphatic rings. The lowest BCUT2D eigenvalue weighted by Gasteiger charge is -2.26. The van der Waals surface area contributed by atoms with Gasteiger partial charge in [-0.1, -0.05) is 35.3 Å². The van der Waals surface area contributed by atoms with E-state index in [9.17, 15) is 13.2 Å². The fraction of sp³-hybridized carbons (Fsp3) is 0.222. The van der Waals surface area contributed by atoms with Crippen LogP contribution in [0.3, 0.4) is 0 Å². The summed E-state index contributed by atoms with van der Waals surface area (Å²) in [5.41, 5.74) is 3.20. The van der Waals surface area contributed by atoms with Crippen molar-refractivity contribution in [3.8, 4) is 0 Å². The average Bonchev–Trinajstić information content (AvgIpc) is 2.71. The summed E-state index contributed by atoms with van der Waals surface area (Å²) in [4.78, 5) is 12.4. The van der Waals surface area contributed by atoms with E-state index in [4.69, 9.17) is 27.9 Å². The van der Waals surface area contributed by atoms with E-state index in [0.717, 1.165) is 0 Å². The van der Waals surface area contributed by atoms with Crippen molar-refractivity contribution in [2.24, 2.45) is 5.10 Å². The Bertz CT molecular complexity index is 1010. The topological polar surface area (TPSA) is 88.1 Å². The number of ether oxygens (including phenoxy) is 1. The Balaban J connectivity index is 1.71. The maximum atomic E-state index is 12.7. The fourth-order valence-corrected chi connectivity index (χ4v) is 4.32.